The number of nitrogens with one attached hydrogen (secondary N) is 1. The zero-order valence-corrected chi connectivity index (χ0v) is 13.4. The highest BCUT2D eigenvalue weighted by molar-refractivity contribution is 7.13. The molecule has 1 aliphatic rings. The van der Waals surface area contributed by atoms with Gasteiger partial charge in [-0.05, 0) is 24.6 Å². The van der Waals surface area contributed by atoms with Crippen molar-refractivity contribution >= 4 is 45.6 Å². The van der Waals surface area contributed by atoms with Crippen molar-refractivity contribution in [3.63, 3.8) is 0 Å². The van der Waals surface area contributed by atoms with Crippen LogP contribution < -0.4 is 10.2 Å². The van der Waals surface area contributed by atoms with Crippen molar-refractivity contribution in [2.75, 3.05) is 16.8 Å². The summed E-state index contributed by atoms with van der Waals surface area (Å²) >= 11 is 7.46. The Bertz CT molecular complexity index is 718. The fourth-order valence-corrected chi connectivity index (χ4v) is 3.20. The first-order valence-electron chi connectivity index (χ1n) is 6.82. The van der Waals surface area contributed by atoms with Crippen LogP contribution in [0.25, 0.3) is 0 Å². The van der Waals surface area contributed by atoms with Gasteiger partial charge in [-0.2, -0.15) is 0 Å². The van der Waals surface area contributed by atoms with Gasteiger partial charge in [0.15, 0.2) is 5.13 Å². The number of anilines is 2. The van der Waals surface area contributed by atoms with Gasteiger partial charge >= 0.3 is 0 Å². The van der Waals surface area contributed by atoms with Gasteiger partial charge in [0.25, 0.3) is 0 Å². The molecule has 5 nitrogen and oxygen atoms in total. The standard InChI is InChI=1S/C15H14ClN3O2S/c1-9-11(16)3-2-4-12(9)19-8-10(7-13(19)20)14(21)18-15-17-5-6-22-15/h2-6,10H,7-8H2,1H3,(H,17,18,21)/t10-/m0/s1. The van der Waals surface area contributed by atoms with Crippen LogP contribution in [-0.4, -0.2) is 23.3 Å². The summed E-state index contributed by atoms with van der Waals surface area (Å²) in [6.07, 6.45) is 1.82. The van der Waals surface area contributed by atoms with E-state index < -0.39 is 0 Å². The smallest absolute Gasteiger partial charge is 0.231 e. The average Bonchev–Trinajstić information content (AvgIpc) is 3.12. The third-order valence-corrected chi connectivity index (χ3v) is 4.79. The number of carbonyl (C=O) groups is 2. The number of carbonyl (C=O) groups excluding carboxylic acids is 2. The summed E-state index contributed by atoms with van der Waals surface area (Å²) in [6, 6.07) is 5.44. The molecule has 2 amide bonds. The number of amides is 2. The second kappa shape index (κ2) is 6.06. The molecule has 3 rings (SSSR count). The van der Waals surface area contributed by atoms with Gasteiger partial charge < -0.3 is 10.2 Å². The second-order valence-electron chi connectivity index (χ2n) is 5.12. The van der Waals surface area contributed by atoms with Crippen LogP contribution in [0.4, 0.5) is 10.8 Å². The highest BCUT2D eigenvalue weighted by Gasteiger charge is 2.36. The van der Waals surface area contributed by atoms with Gasteiger partial charge in [-0.15, -0.1) is 11.3 Å². The fraction of sp³-hybridized carbons (Fsp3) is 0.267. The molecule has 0 saturated carbocycles. The Hall–Kier alpha value is -1.92. The van der Waals surface area contributed by atoms with Gasteiger partial charge in [0, 0.05) is 35.3 Å². The van der Waals surface area contributed by atoms with Gasteiger partial charge in [0.1, 0.15) is 0 Å². The predicted octanol–water partition coefficient (Wildman–Crippen LogP) is 3.10. The Morgan fingerprint density at radius 3 is 3.05 bits per heavy atom. The predicted molar refractivity (Wildman–Crippen MR) is 87.4 cm³/mol. The van der Waals surface area contributed by atoms with Crippen LogP contribution in [0.3, 0.4) is 0 Å². The number of rotatable bonds is 3. The molecule has 0 aliphatic carbocycles. The van der Waals surface area contributed by atoms with E-state index in [0.29, 0.717) is 16.7 Å². The fourth-order valence-electron chi connectivity index (χ4n) is 2.50. The molecule has 0 unspecified atom stereocenters. The van der Waals surface area contributed by atoms with Gasteiger partial charge in [-0.1, -0.05) is 17.7 Å². The van der Waals surface area contributed by atoms with Gasteiger partial charge in [0.2, 0.25) is 11.8 Å². The Morgan fingerprint density at radius 2 is 2.32 bits per heavy atom. The number of benzene rings is 1. The summed E-state index contributed by atoms with van der Waals surface area (Å²) in [5.74, 6) is -0.620. The first kappa shape index (κ1) is 15.0. The summed E-state index contributed by atoms with van der Waals surface area (Å²) in [5, 5.41) is 5.70. The van der Waals surface area contributed by atoms with E-state index in [2.05, 4.69) is 10.3 Å². The highest BCUT2D eigenvalue weighted by atomic mass is 35.5. The van der Waals surface area contributed by atoms with E-state index in [-0.39, 0.29) is 24.2 Å². The Morgan fingerprint density at radius 1 is 1.50 bits per heavy atom. The lowest BCUT2D eigenvalue weighted by Crippen LogP contribution is -2.28. The van der Waals surface area contributed by atoms with Crippen molar-refractivity contribution in [1.29, 1.82) is 0 Å². The van der Waals surface area contributed by atoms with Crippen LogP contribution in [0.2, 0.25) is 5.02 Å². The monoisotopic (exact) mass is 335 g/mol. The van der Waals surface area contributed by atoms with E-state index in [0.717, 1.165) is 11.3 Å². The second-order valence-corrected chi connectivity index (χ2v) is 6.42. The lowest BCUT2D eigenvalue weighted by Gasteiger charge is -2.19. The molecule has 114 valence electrons. The molecule has 2 heterocycles. The van der Waals surface area contributed by atoms with Crippen molar-refractivity contribution in [2.45, 2.75) is 13.3 Å². The molecule has 1 atom stereocenters. The molecular formula is C15H14ClN3O2S. The molecule has 0 spiro atoms. The minimum absolute atomic E-state index is 0.0651. The van der Waals surface area contributed by atoms with Crippen LogP contribution in [0.15, 0.2) is 29.8 Å². The van der Waals surface area contributed by atoms with E-state index >= 15 is 0 Å². The molecule has 7 heteroatoms. The third kappa shape index (κ3) is 2.84. The molecule has 2 aromatic rings. The van der Waals surface area contributed by atoms with E-state index in [1.54, 1.807) is 28.6 Å². The SMILES string of the molecule is Cc1c(Cl)cccc1N1C[C@@H](C(=O)Nc2nccs2)CC1=O. The Balaban J connectivity index is 1.75. The van der Waals surface area contributed by atoms with Crippen LogP contribution in [0.1, 0.15) is 12.0 Å². The van der Waals surface area contributed by atoms with Crippen molar-refractivity contribution in [3.05, 3.63) is 40.4 Å². The summed E-state index contributed by atoms with van der Waals surface area (Å²) in [4.78, 5) is 30.1. The first-order valence-corrected chi connectivity index (χ1v) is 8.08. The molecule has 0 radical (unpaired) electrons. The maximum Gasteiger partial charge on any atom is 0.231 e. The van der Waals surface area contributed by atoms with E-state index in [4.69, 9.17) is 11.6 Å². The summed E-state index contributed by atoms with van der Waals surface area (Å²) in [5.41, 5.74) is 1.61. The number of aromatic nitrogens is 1. The highest BCUT2D eigenvalue weighted by Crippen LogP contribution is 2.31. The molecule has 1 fully saturated rings. The van der Waals surface area contributed by atoms with Gasteiger partial charge in [0.05, 0.1) is 5.92 Å². The molecule has 1 aliphatic heterocycles. The van der Waals surface area contributed by atoms with Crippen molar-refractivity contribution in [1.82, 2.24) is 4.98 Å². The number of nitrogens with zero attached hydrogens (tertiary/aromatic N) is 2. The normalized spacial score (nSPS) is 17.8. The summed E-state index contributed by atoms with van der Waals surface area (Å²) < 4.78 is 0. The van der Waals surface area contributed by atoms with Crippen molar-refractivity contribution < 1.29 is 9.59 Å². The lowest BCUT2D eigenvalue weighted by atomic mass is 10.1. The quantitative estimate of drug-likeness (QED) is 0.937. The van der Waals surface area contributed by atoms with Crippen LogP contribution >= 0.6 is 22.9 Å². The third-order valence-electron chi connectivity index (χ3n) is 3.69. The zero-order valence-electron chi connectivity index (χ0n) is 11.9. The summed E-state index contributed by atoms with van der Waals surface area (Å²) in [6.45, 7) is 2.23. The maximum absolute atomic E-state index is 12.2. The van der Waals surface area contributed by atoms with E-state index in [9.17, 15) is 9.59 Å². The van der Waals surface area contributed by atoms with Crippen LogP contribution in [0.5, 0.6) is 0 Å². The molecule has 1 N–H and O–H groups in total. The van der Waals surface area contributed by atoms with Gasteiger partial charge in [-0.25, -0.2) is 4.98 Å². The topological polar surface area (TPSA) is 62.3 Å². The van der Waals surface area contributed by atoms with Crippen molar-refractivity contribution in [3.8, 4) is 0 Å². The number of hydrogen-bond donors (Lipinski definition) is 1. The Kier molecular flexibility index (Phi) is 4.13. The van der Waals surface area contributed by atoms with Gasteiger partial charge in [-0.3, -0.25) is 9.59 Å². The summed E-state index contributed by atoms with van der Waals surface area (Å²) in [7, 11) is 0. The van der Waals surface area contributed by atoms with Crippen LogP contribution in [-0.2, 0) is 9.59 Å². The molecule has 1 aromatic carbocycles. The lowest BCUT2D eigenvalue weighted by molar-refractivity contribution is -0.122. The van der Waals surface area contributed by atoms with E-state index in [1.165, 1.54) is 11.3 Å². The largest absolute Gasteiger partial charge is 0.311 e. The number of thiazole rings is 1. The number of hydrogen-bond acceptors (Lipinski definition) is 4. The maximum atomic E-state index is 12.2. The molecule has 1 aromatic heterocycles. The van der Waals surface area contributed by atoms with Crippen molar-refractivity contribution in [2.24, 2.45) is 5.92 Å². The molecular weight excluding hydrogens is 322 g/mol. The molecule has 22 heavy (non-hydrogen) atoms. The zero-order chi connectivity index (χ0) is 15.7. The average molecular weight is 336 g/mol. The molecule has 0 bridgehead atoms. The minimum Gasteiger partial charge on any atom is -0.311 e. The number of halogens is 1. The van der Waals surface area contributed by atoms with Crippen LogP contribution in [0, 0.1) is 12.8 Å². The first-order chi connectivity index (χ1) is 10.6. The molecule has 1 saturated heterocycles. The minimum atomic E-state index is -0.380. The van der Waals surface area contributed by atoms with E-state index in [1.807, 2.05) is 13.0 Å². The Labute approximate surface area is 136 Å².